The minimum absolute atomic E-state index is 0.0175. The molecule has 118 valence electrons. The van der Waals surface area contributed by atoms with Crippen molar-refractivity contribution in [1.82, 2.24) is 5.32 Å². The molecule has 1 atom stereocenters. The van der Waals surface area contributed by atoms with E-state index in [1.165, 1.54) is 31.4 Å². The highest BCUT2D eigenvalue weighted by molar-refractivity contribution is 6.39. The Bertz CT molecular complexity index is 550. The van der Waals surface area contributed by atoms with Crippen LogP contribution in [0.5, 0.6) is 0 Å². The summed E-state index contributed by atoms with van der Waals surface area (Å²) in [7, 11) is 1.29. The van der Waals surface area contributed by atoms with Gasteiger partial charge in [-0.1, -0.05) is 0 Å². The monoisotopic (exact) mass is 306 g/mol. The highest BCUT2D eigenvalue weighted by Crippen LogP contribution is 2.11. The second-order valence-corrected chi connectivity index (χ2v) is 4.87. The van der Waals surface area contributed by atoms with Crippen LogP contribution in [0.2, 0.25) is 0 Å². The maximum atomic E-state index is 11.7. The van der Waals surface area contributed by atoms with Crippen molar-refractivity contribution in [2.45, 2.75) is 18.9 Å². The van der Waals surface area contributed by atoms with Gasteiger partial charge in [-0.15, -0.1) is 0 Å². The van der Waals surface area contributed by atoms with Gasteiger partial charge in [-0.3, -0.25) is 9.59 Å². The smallest absolute Gasteiger partial charge is 0.337 e. The summed E-state index contributed by atoms with van der Waals surface area (Å²) in [5.41, 5.74) is 0.785. The molecule has 0 aromatic heterocycles. The lowest BCUT2D eigenvalue weighted by molar-refractivity contribution is -0.136. The van der Waals surface area contributed by atoms with E-state index >= 15 is 0 Å². The topological polar surface area (TPSA) is 93.7 Å². The molecular weight excluding hydrogens is 288 g/mol. The molecule has 7 nitrogen and oxygen atoms in total. The SMILES string of the molecule is COC(=O)c1ccc(NC(=O)C(=O)NC[C@H]2CCCO2)cc1. The number of benzene rings is 1. The van der Waals surface area contributed by atoms with E-state index in [0.29, 0.717) is 24.4 Å². The molecule has 1 aromatic rings. The van der Waals surface area contributed by atoms with Gasteiger partial charge in [0, 0.05) is 18.8 Å². The number of carbonyl (C=O) groups excluding carboxylic acids is 3. The Kier molecular flexibility index (Phi) is 5.48. The maximum absolute atomic E-state index is 11.7. The summed E-state index contributed by atoms with van der Waals surface area (Å²) >= 11 is 0. The second-order valence-electron chi connectivity index (χ2n) is 4.87. The zero-order valence-electron chi connectivity index (χ0n) is 12.3. The van der Waals surface area contributed by atoms with Gasteiger partial charge in [0.2, 0.25) is 0 Å². The van der Waals surface area contributed by atoms with Crippen LogP contribution in [0.15, 0.2) is 24.3 Å². The average molecular weight is 306 g/mol. The lowest BCUT2D eigenvalue weighted by atomic mass is 10.2. The number of carbonyl (C=O) groups is 3. The van der Waals surface area contributed by atoms with Gasteiger partial charge in [0.05, 0.1) is 18.8 Å². The maximum Gasteiger partial charge on any atom is 0.337 e. The summed E-state index contributed by atoms with van der Waals surface area (Å²) in [5, 5.41) is 4.99. The molecule has 1 saturated heterocycles. The van der Waals surface area contributed by atoms with Crippen molar-refractivity contribution in [3.05, 3.63) is 29.8 Å². The zero-order valence-corrected chi connectivity index (χ0v) is 12.3. The molecule has 0 radical (unpaired) electrons. The van der Waals surface area contributed by atoms with Crippen LogP contribution < -0.4 is 10.6 Å². The van der Waals surface area contributed by atoms with E-state index in [4.69, 9.17) is 4.74 Å². The minimum atomic E-state index is -0.760. The number of esters is 1. The van der Waals surface area contributed by atoms with Crippen LogP contribution in [0.25, 0.3) is 0 Å². The van der Waals surface area contributed by atoms with Crippen molar-refractivity contribution in [2.75, 3.05) is 25.6 Å². The first kappa shape index (κ1) is 16.0. The molecule has 22 heavy (non-hydrogen) atoms. The third-order valence-corrected chi connectivity index (χ3v) is 3.28. The van der Waals surface area contributed by atoms with Gasteiger partial charge in [0.15, 0.2) is 0 Å². The van der Waals surface area contributed by atoms with E-state index in [-0.39, 0.29) is 6.10 Å². The number of ether oxygens (including phenoxy) is 2. The number of nitrogens with one attached hydrogen (secondary N) is 2. The number of amides is 2. The predicted octanol–water partition coefficient (Wildman–Crippen LogP) is 0.707. The Hall–Kier alpha value is -2.41. The van der Waals surface area contributed by atoms with Crippen LogP contribution in [-0.4, -0.2) is 44.1 Å². The molecular formula is C15H18N2O5. The van der Waals surface area contributed by atoms with Crippen molar-refractivity contribution in [3.8, 4) is 0 Å². The molecule has 1 aromatic carbocycles. The number of anilines is 1. The summed E-state index contributed by atoms with van der Waals surface area (Å²) in [6, 6.07) is 6.06. The van der Waals surface area contributed by atoms with E-state index in [0.717, 1.165) is 12.8 Å². The van der Waals surface area contributed by atoms with Crippen molar-refractivity contribution in [1.29, 1.82) is 0 Å². The molecule has 0 spiro atoms. The van der Waals surface area contributed by atoms with E-state index in [2.05, 4.69) is 15.4 Å². The molecule has 0 unspecified atom stereocenters. The van der Waals surface area contributed by atoms with Crippen LogP contribution in [0, 0.1) is 0 Å². The fourth-order valence-electron chi connectivity index (χ4n) is 2.09. The molecule has 2 amide bonds. The van der Waals surface area contributed by atoms with Gasteiger partial charge < -0.3 is 20.1 Å². The van der Waals surface area contributed by atoms with E-state index < -0.39 is 17.8 Å². The third-order valence-electron chi connectivity index (χ3n) is 3.28. The first-order chi connectivity index (χ1) is 10.6. The Morgan fingerprint density at radius 1 is 1.23 bits per heavy atom. The Balaban J connectivity index is 1.82. The fraction of sp³-hybridized carbons (Fsp3) is 0.400. The van der Waals surface area contributed by atoms with Gasteiger partial charge in [-0.2, -0.15) is 0 Å². The van der Waals surface area contributed by atoms with Crippen LogP contribution in [0.3, 0.4) is 0 Å². The first-order valence-corrected chi connectivity index (χ1v) is 6.99. The molecule has 1 aliphatic rings. The van der Waals surface area contributed by atoms with Crippen LogP contribution in [0.4, 0.5) is 5.69 Å². The lowest BCUT2D eigenvalue weighted by Crippen LogP contribution is -2.39. The summed E-state index contributed by atoms with van der Waals surface area (Å²) in [5.74, 6) is -1.94. The van der Waals surface area contributed by atoms with E-state index in [1.54, 1.807) is 0 Å². The largest absolute Gasteiger partial charge is 0.465 e. The molecule has 1 heterocycles. The zero-order chi connectivity index (χ0) is 15.9. The summed E-state index contributed by atoms with van der Waals surface area (Å²) in [4.78, 5) is 34.7. The van der Waals surface area contributed by atoms with Crippen LogP contribution in [0.1, 0.15) is 23.2 Å². The standard InChI is InChI=1S/C15H18N2O5/c1-21-15(20)10-4-6-11(7-5-10)17-14(19)13(18)16-9-12-3-2-8-22-12/h4-7,12H,2-3,8-9H2,1H3,(H,16,18)(H,17,19)/t12-/m1/s1. The van der Waals surface area contributed by atoms with Crippen molar-refractivity contribution < 1.29 is 23.9 Å². The summed E-state index contributed by atoms with van der Waals surface area (Å²) in [6.45, 7) is 1.02. The normalized spacial score (nSPS) is 16.9. The van der Waals surface area contributed by atoms with Crippen molar-refractivity contribution in [3.63, 3.8) is 0 Å². The van der Waals surface area contributed by atoms with Crippen LogP contribution >= 0.6 is 0 Å². The Morgan fingerprint density at radius 3 is 2.55 bits per heavy atom. The number of hydrogen-bond acceptors (Lipinski definition) is 5. The summed E-state index contributed by atoms with van der Waals surface area (Å²) in [6.07, 6.45) is 1.84. The number of rotatable bonds is 4. The van der Waals surface area contributed by atoms with Crippen molar-refractivity contribution >= 4 is 23.5 Å². The van der Waals surface area contributed by atoms with Crippen molar-refractivity contribution in [2.24, 2.45) is 0 Å². The Labute approximate surface area is 128 Å². The highest BCUT2D eigenvalue weighted by Gasteiger charge is 2.19. The molecule has 0 saturated carbocycles. The number of hydrogen-bond donors (Lipinski definition) is 2. The van der Waals surface area contributed by atoms with Gasteiger partial charge in [0.25, 0.3) is 0 Å². The van der Waals surface area contributed by atoms with E-state index in [9.17, 15) is 14.4 Å². The second kappa shape index (κ2) is 7.56. The van der Waals surface area contributed by atoms with Crippen LogP contribution in [-0.2, 0) is 19.1 Å². The molecule has 0 bridgehead atoms. The average Bonchev–Trinajstić information content (AvgIpc) is 3.06. The quantitative estimate of drug-likeness (QED) is 0.631. The highest BCUT2D eigenvalue weighted by atomic mass is 16.5. The molecule has 1 fully saturated rings. The number of methoxy groups -OCH3 is 1. The predicted molar refractivity (Wildman–Crippen MR) is 78.4 cm³/mol. The molecule has 2 N–H and O–H groups in total. The minimum Gasteiger partial charge on any atom is -0.465 e. The molecule has 1 aliphatic heterocycles. The van der Waals surface area contributed by atoms with Gasteiger partial charge in [-0.25, -0.2) is 4.79 Å². The fourth-order valence-corrected chi connectivity index (χ4v) is 2.09. The first-order valence-electron chi connectivity index (χ1n) is 6.99. The molecule has 2 rings (SSSR count). The van der Waals surface area contributed by atoms with E-state index in [1.807, 2.05) is 0 Å². The summed E-state index contributed by atoms with van der Waals surface area (Å²) < 4.78 is 9.93. The molecule has 0 aliphatic carbocycles. The Morgan fingerprint density at radius 2 is 1.95 bits per heavy atom. The van der Waals surface area contributed by atoms with Gasteiger partial charge >= 0.3 is 17.8 Å². The van der Waals surface area contributed by atoms with Gasteiger partial charge in [0.1, 0.15) is 0 Å². The molecule has 7 heteroatoms. The lowest BCUT2D eigenvalue weighted by Gasteiger charge is -2.10. The van der Waals surface area contributed by atoms with Gasteiger partial charge in [-0.05, 0) is 37.1 Å². The third kappa shape index (κ3) is 4.29.